The molecule has 0 bridgehead atoms. The van der Waals surface area contributed by atoms with Crippen LogP contribution in [0.2, 0.25) is 0 Å². The van der Waals surface area contributed by atoms with E-state index in [4.69, 9.17) is 10.3 Å². The Morgan fingerprint density at radius 1 is 1.09 bits per heavy atom. The van der Waals surface area contributed by atoms with Crippen LogP contribution >= 0.6 is 0 Å². The Bertz CT molecular complexity index is 1090. The quantitative estimate of drug-likeness (QED) is 0.520. The normalized spacial score (nSPS) is 12.3. The second-order valence-corrected chi connectivity index (χ2v) is 8.64. The lowest BCUT2D eigenvalue weighted by molar-refractivity contribution is -0.117. The van der Waals surface area contributed by atoms with Gasteiger partial charge in [-0.3, -0.25) is 9.59 Å². The molecule has 3 aromatic rings. The van der Waals surface area contributed by atoms with E-state index in [1.807, 2.05) is 20.8 Å². The largest absolute Gasteiger partial charge is 0.359 e. The molecule has 7 nitrogen and oxygen atoms in total. The highest BCUT2D eigenvalue weighted by Gasteiger charge is 2.20. The summed E-state index contributed by atoms with van der Waals surface area (Å²) < 4.78 is 19.0. The lowest BCUT2D eigenvalue weighted by Gasteiger charge is -2.13. The first-order chi connectivity index (χ1) is 15.1. The Balaban J connectivity index is 1.52. The fourth-order valence-electron chi connectivity index (χ4n) is 2.99. The lowest BCUT2D eigenvalue weighted by atomic mass is 9.93. The number of carbonyl (C=O) groups is 2. The van der Waals surface area contributed by atoms with Crippen molar-refractivity contribution in [1.29, 1.82) is 0 Å². The number of amides is 2. The molecule has 8 heteroatoms. The van der Waals surface area contributed by atoms with Crippen LogP contribution in [-0.2, 0) is 27.8 Å². The Morgan fingerprint density at radius 2 is 1.78 bits per heavy atom. The summed E-state index contributed by atoms with van der Waals surface area (Å²) in [6, 6.07) is 13.9. The summed E-state index contributed by atoms with van der Waals surface area (Å²) >= 11 is 0. The van der Waals surface area contributed by atoms with Crippen LogP contribution in [0.15, 0.2) is 59.1 Å². The van der Waals surface area contributed by atoms with Crippen molar-refractivity contribution in [2.75, 3.05) is 10.6 Å². The smallest absolute Gasteiger partial charge is 0.241 e. The molecule has 0 aliphatic carbocycles. The van der Waals surface area contributed by atoms with Crippen LogP contribution in [0.25, 0.3) is 0 Å². The van der Waals surface area contributed by atoms with Gasteiger partial charge in [0.2, 0.25) is 11.8 Å². The van der Waals surface area contributed by atoms with E-state index in [1.165, 1.54) is 6.07 Å². The molecule has 1 atom stereocenters. The van der Waals surface area contributed by atoms with Crippen molar-refractivity contribution < 1.29 is 18.5 Å². The van der Waals surface area contributed by atoms with Crippen LogP contribution in [0, 0.1) is 5.82 Å². The monoisotopic (exact) mass is 438 g/mol. The molecule has 3 rings (SSSR count). The lowest BCUT2D eigenvalue weighted by Crippen LogP contribution is -2.37. The number of nitrogens with one attached hydrogen (secondary N) is 2. The average molecular weight is 439 g/mol. The third-order valence-electron chi connectivity index (χ3n) is 4.84. The third-order valence-corrected chi connectivity index (χ3v) is 4.84. The molecule has 0 saturated heterocycles. The van der Waals surface area contributed by atoms with Gasteiger partial charge >= 0.3 is 0 Å². The highest BCUT2D eigenvalue weighted by atomic mass is 19.1. The average Bonchev–Trinajstić information content (AvgIpc) is 3.20. The zero-order chi connectivity index (χ0) is 23.3. The maximum atomic E-state index is 13.8. The first-order valence-electron chi connectivity index (χ1n) is 10.3. The zero-order valence-corrected chi connectivity index (χ0v) is 18.3. The summed E-state index contributed by atoms with van der Waals surface area (Å²) in [5, 5.41) is 9.29. The highest BCUT2D eigenvalue weighted by molar-refractivity contribution is 5.95. The molecular weight excluding hydrogens is 411 g/mol. The molecule has 2 amide bonds. The molecule has 168 valence electrons. The number of benzene rings is 2. The summed E-state index contributed by atoms with van der Waals surface area (Å²) in [7, 11) is 0. The van der Waals surface area contributed by atoms with Gasteiger partial charge in [-0.15, -0.1) is 0 Å². The number of nitrogens with two attached hydrogens (primary N) is 1. The van der Waals surface area contributed by atoms with Crippen molar-refractivity contribution in [3.63, 3.8) is 0 Å². The van der Waals surface area contributed by atoms with Crippen LogP contribution in [0.5, 0.6) is 0 Å². The molecule has 2 aromatic carbocycles. The minimum Gasteiger partial charge on any atom is -0.359 e. The summed E-state index contributed by atoms with van der Waals surface area (Å²) in [4.78, 5) is 24.6. The number of carbonyl (C=O) groups excluding carboxylic acids is 2. The van der Waals surface area contributed by atoms with Crippen molar-refractivity contribution in [2.45, 2.75) is 45.1 Å². The van der Waals surface area contributed by atoms with E-state index in [2.05, 4.69) is 15.8 Å². The Labute approximate surface area is 186 Å². The van der Waals surface area contributed by atoms with Gasteiger partial charge in [0.1, 0.15) is 11.6 Å². The molecule has 32 heavy (non-hydrogen) atoms. The van der Waals surface area contributed by atoms with Crippen molar-refractivity contribution >= 4 is 23.3 Å². The van der Waals surface area contributed by atoms with Gasteiger partial charge in [-0.1, -0.05) is 56.3 Å². The molecular formula is C24H27FN4O3. The maximum Gasteiger partial charge on any atom is 0.241 e. The topological polar surface area (TPSA) is 110 Å². The molecule has 1 heterocycles. The standard InChI is InChI=1S/C24H27FN4O3/c1-24(2,3)20-14-21(29-32-20)28-22(30)12-15-8-10-17(11-9-15)27-23(31)19(26)13-16-6-4-5-7-18(16)25/h4-11,14,19H,12-13,26H2,1-3H3,(H,27,31)(H,28,29,30). The number of hydrogen-bond acceptors (Lipinski definition) is 5. The van der Waals surface area contributed by atoms with Gasteiger partial charge in [-0.2, -0.15) is 0 Å². The minimum atomic E-state index is -0.891. The fourth-order valence-corrected chi connectivity index (χ4v) is 2.99. The van der Waals surface area contributed by atoms with E-state index in [-0.39, 0.29) is 24.2 Å². The molecule has 1 aromatic heterocycles. The summed E-state index contributed by atoms with van der Waals surface area (Å²) in [5.74, 6) is 0.00858. The van der Waals surface area contributed by atoms with E-state index in [9.17, 15) is 14.0 Å². The zero-order valence-electron chi connectivity index (χ0n) is 18.3. The summed E-state index contributed by atoms with van der Waals surface area (Å²) in [5.41, 5.74) is 7.40. The first kappa shape index (κ1) is 23.1. The molecule has 0 aliphatic rings. The van der Waals surface area contributed by atoms with E-state index >= 15 is 0 Å². The molecule has 0 radical (unpaired) electrons. The fraction of sp³-hybridized carbons (Fsp3) is 0.292. The second-order valence-electron chi connectivity index (χ2n) is 8.64. The van der Waals surface area contributed by atoms with Gasteiger partial charge < -0.3 is 20.9 Å². The van der Waals surface area contributed by atoms with Crippen LogP contribution < -0.4 is 16.4 Å². The Morgan fingerprint density at radius 3 is 2.41 bits per heavy atom. The van der Waals surface area contributed by atoms with Gasteiger partial charge in [0.25, 0.3) is 0 Å². The summed E-state index contributed by atoms with van der Waals surface area (Å²) in [6.07, 6.45) is 0.231. The summed E-state index contributed by atoms with van der Waals surface area (Å²) in [6.45, 7) is 5.98. The van der Waals surface area contributed by atoms with E-state index in [0.717, 1.165) is 5.56 Å². The van der Waals surface area contributed by atoms with Gasteiger partial charge in [0.05, 0.1) is 12.5 Å². The van der Waals surface area contributed by atoms with E-state index in [1.54, 1.807) is 48.5 Å². The molecule has 4 N–H and O–H groups in total. The van der Waals surface area contributed by atoms with Gasteiger partial charge in [-0.25, -0.2) is 4.39 Å². The van der Waals surface area contributed by atoms with Crippen molar-refractivity contribution in [3.05, 3.63) is 77.3 Å². The number of anilines is 2. The van der Waals surface area contributed by atoms with Crippen LogP contribution in [0.3, 0.4) is 0 Å². The second kappa shape index (κ2) is 9.74. The van der Waals surface area contributed by atoms with Crippen molar-refractivity contribution in [1.82, 2.24) is 5.16 Å². The highest BCUT2D eigenvalue weighted by Crippen LogP contribution is 2.24. The predicted molar refractivity (Wildman–Crippen MR) is 121 cm³/mol. The first-order valence-corrected chi connectivity index (χ1v) is 10.3. The maximum absolute atomic E-state index is 13.8. The SMILES string of the molecule is CC(C)(C)c1cc(NC(=O)Cc2ccc(NC(=O)C(N)Cc3ccccc3F)cc2)no1. The number of hydrogen-bond donors (Lipinski definition) is 3. The predicted octanol–water partition coefficient (Wildman–Crippen LogP) is 3.80. The Kier molecular flexibility index (Phi) is 7.05. The number of aromatic nitrogens is 1. The van der Waals surface area contributed by atoms with Gasteiger partial charge in [0.15, 0.2) is 5.82 Å². The van der Waals surface area contributed by atoms with Crippen LogP contribution in [-0.4, -0.2) is 23.0 Å². The third kappa shape index (κ3) is 6.24. The van der Waals surface area contributed by atoms with Crippen molar-refractivity contribution in [3.8, 4) is 0 Å². The van der Waals surface area contributed by atoms with E-state index < -0.39 is 17.8 Å². The molecule has 1 unspecified atom stereocenters. The number of nitrogens with zero attached hydrogens (tertiary/aromatic N) is 1. The number of rotatable bonds is 7. The van der Waals surface area contributed by atoms with Gasteiger partial charge in [-0.05, 0) is 35.7 Å². The van der Waals surface area contributed by atoms with E-state index in [0.29, 0.717) is 22.8 Å². The van der Waals surface area contributed by atoms with Crippen LogP contribution in [0.4, 0.5) is 15.9 Å². The Hall–Kier alpha value is -3.52. The molecule has 0 aliphatic heterocycles. The van der Waals surface area contributed by atoms with Crippen molar-refractivity contribution in [2.24, 2.45) is 5.73 Å². The molecule has 0 spiro atoms. The molecule has 0 saturated carbocycles. The van der Waals surface area contributed by atoms with Crippen LogP contribution in [0.1, 0.15) is 37.7 Å². The van der Waals surface area contributed by atoms with Gasteiger partial charge in [0, 0.05) is 17.2 Å². The number of halogens is 1. The minimum absolute atomic E-state index is 0.0930. The molecule has 0 fully saturated rings.